The van der Waals surface area contributed by atoms with E-state index in [1.54, 1.807) is 48.5 Å². The van der Waals surface area contributed by atoms with Crippen LogP contribution in [0.15, 0.2) is 84.0 Å². The van der Waals surface area contributed by atoms with Crippen LogP contribution in [0.5, 0.6) is 0 Å². The van der Waals surface area contributed by atoms with Crippen LogP contribution in [0, 0.1) is 0 Å². The summed E-state index contributed by atoms with van der Waals surface area (Å²) < 4.78 is 27.9. The van der Waals surface area contributed by atoms with Crippen molar-refractivity contribution >= 4 is 26.6 Å². The molecular weight excluding hydrogens is 400 g/mol. The van der Waals surface area contributed by atoms with E-state index in [2.05, 4.69) is 30.1 Å². The molecule has 5 aromatic rings. The summed E-state index contributed by atoms with van der Waals surface area (Å²) in [6, 6.07) is 21.2. The van der Waals surface area contributed by atoms with Crippen molar-refractivity contribution in [1.29, 1.82) is 0 Å². The summed E-state index contributed by atoms with van der Waals surface area (Å²) in [4.78, 5) is 4.40. The van der Waals surface area contributed by atoms with E-state index in [-0.39, 0.29) is 4.90 Å². The van der Waals surface area contributed by atoms with Crippen molar-refractivity contribution in [2.45, 2.75) is 4.90 Å². The molecule has 2 aromatic heterocycles. The number of fused-ring (bicyclic) bond motifs is 1. The summed E-state index contributed by atoms with van der Waals surface area (Å²) in [5.41, 5.74) is 3.70. The largest absolute Gasteiger partial charge is 0.280 e. The van der Waals surface area contributed by atoms with E-state index in [4.69, 9.17) is 0 Å². The number of hydrogen-bond donors (Lipinski definition) is 3. The van der Waals surface area contributed by atoms with E-state index in [0.717, 1.165) is 22.0 Å². The molecule has 8 nitrogen and oxygen atoms in total. The molecule has 0 aliphatic carbocycles. The summed E-state index contributed by atoms with van der Waals surface area (Å²) in [6.07, 6.45) is 1.46. The molecule has 0 radical (unpaired) electrons. The first kappa shape index (κ1) is 18.1. The number of benzene rings is 3. The van der Waals surface area contributed by atoms with E-state index in [0.29, 0.717) is 17.2 Å². The molecule has 5 rings (SSSR count). The monoisotopic (exact) mass is 416 g/mol. The SMILES string of the molecule is O=S(=O)(Nc1cccc(-c2n[nH]c3ccc(-c4ncn[nH]4)cc23)c1)c1ccccc1. The third-order valence-corrected chi connectivity index (χ3v) is 6.09. The third-order valence-electron chi connectivity index (χ3n) is 4.69. The van der Waals surface area contributed by atoms with Gasteiger partial charge in [0, 0.05) is 22.2 Å². The van der Waals surface area contributed by atoms with E-state index >= 15 is 0 Å². The lowest BCUT2D eigenvalue weighted by molar-refractivity contribution is 0.601. The molecule has 9 heteroatoms. The molecule has 30 heavy (non-hydrogen) atoms. The second kappa shape index (κ2) is 7.12. The van der Waals surface area contributed by atoms with Crippen molar-refractivity contribution in [3.8, 4) is 22.6 Å². The highest BCUT2D eigenvalue weighted by atomic mass is 32.2. The maximum Gasteiger partial charge on any atom is 0.261 e. The van der Waals surface area contributed by atoms with Crippen LogP contribution < -0.4 is 4.72 Å². The van der Waals surface area contributed by atoms with Gasteiger partial charge in [0.2, 0.25) is 0 Å². The van der Waals surface area contributed by atoms with Crippen LogP contribution in [0.25, 0.3) is 33.5 Å². The lowest BCUT2D eigenvalue weighted by Crippen LogP contribution is -2.12. The molecule has 148 valence electrons. The Balaban J connectivity index is 1.53. The molecule has 0 amide bonds. The smallest absolute Gasteiger partial charge is 0.261 e. The van der Waals surface area contributed by atoms with Crippen LogP contribution in [0.1, 0.15) is 0 Å². The Kier molecular flexibility index (Phi) is 4.29. The summed E-state index contributed by atoms with van der Waals surface area (Å²) in [5, 5.41) is 15.1. The van der Waals surface area contributed by atoms with Gasteiger partial charge in [-0.05, 0) is 42.5 Å². The first-order valence-corrected chi connectivity index (χ1v) is 10.6. The van der Waals surface area contributed by atoms with Crippen LogP contribution in [0.4, 0.5) is 5.69 Å². The molecule has 0 aliphatic heterocycles. The van der Waals surface area contributed by atoms with Crippen LogP contribution in [-0.4, -0.2) is 33.8 Å². The molecule has 3 aromatic carbocycles. The van der Waals surface area contributed by atoms with Crippen LogP contribution in [0.2, 0.25) is 0 Å². The topological polar surface area (TPSA) is 116 Å². The van der Waals surface area contributed by atoms with Crippen molar-refractivity contribution in [3.63, 3.8) is 0 Å². The van der Waals surface area contributed by atoms with Gasteiger partial charge in [-0.1, -0.05) is 30.3 Å². The van der Waals surface area contributed by atoms with Gasteiger partial charge in [0.1, 0.15) is 6.33 Å². The van der Waals surface area contributed by atoms with E-state index in [9.17, 15) is 8.42 Å². The fourth-order valence-electron chi connectivity index (χ4n) is 3.27. The maximum absolute atomic E-state index is 12.6. The van der Waals surface area contributed by atoms with Gasteiger partial charge in [-0.2, -0.15) is 10.2 Å². The lowest BCUT2D eigenvalue weighted by atomic mass is 10.0. The van der Waals surface area contributed by atoms with Gasteiger partial charge in [-0.25, -0.2) is 13.4 Å². The number of nitrogens with one attached hydrogen (secondary N) is 3. The van der Waals surface area contributed by atoms with Crippen LogP contribution in [-0.2, 0) is 10.0 Å². The van der Waals surface area contributed by atoms with Gasteiger partial charge in [0.05, 0.1) is 16.1 Å². The van der Waals surface area contributed by atoms with Crippen molar-refractivity contribution < 1.29 is 8.42 Å². The quantitative estimate of drug-likeness (QED) is 0.403. The zero-order valence-corrected chi connectivity index (χ0v) is 16.4. The van der Waals surface area contributed by atoms with Gasteiger partial charge >= 0.3 is 0 Å². The predicted molar refractivity (Wildman–Crippen MR) is 114 cm³/mol. The molecule has 0 aliphatic rings. The average Bonchev–Trinajstić information content (AvgIpc) is 3.44. The van der Waals surface area contributed by atoms with Crippen molar-refractivity contribution in [2.75, 3.05) is 4.72 Å². The number of aromatic amines is 2. The zero-order valence-electron chi connectivity index (χ0n) is 15.6. The highest BCUT2D eigenvalue weighted by Gasteiger charge is 2.15. The molecule has 0 spiro atoms. The summed E-state index contributed by atoms with van der Waals surface area (Å²) in [6.45, 7) is 0. The molecule has 3 N–H and O–H groups in total. The molecule has 0 saturated heterocycles. The Bertz CT molecular complexity index is 1430. The number of hydrogen-bond acceptors (Lipinski definition) is 5. The van der Waals surface area contributed by atoms with Crippen molar-refractivity contribution in [1.82, 2.24) is 25.4 Å². The Morgan fingerprint density at radius 2 is 1.70 bits per heavy atom. The number of sulfonamides is 1. The van der Waals surface area contributed by atoms with Crippen molar-refractivity contribution in [2.24, 2.45) is 0 Å². The molecular formula is C21H16N6O2S. The van der Waals surface area contributed by atoms with Crippen molar-refractivity contribution in [3.05, 3.63) is 79.1 Å². The van der Waals surface area contributed by atoms with E-state index in [1.165, 1.54) is 6.33 Å². The minimum atomic E-state index is -3.68. The molecule has 0 atom stereocenters. The predicted octanol–water partition coefficient (Wildman–Crippen LogP) is 3.82. The Labute approximate surface area is 172 Å². The minimum absolute atomic E-state index is 0.206. The average molecular weight is 416 g/mol. The Morgan fingerprint density at radius 1 is 0.833 bits per heavy atom. The van der Waals surface area contributed by atoms with Crippen LogP contribution in [0.3, 0.4) is 0 Å². The second-order valence-corrected chi connectivity index (χ2v) is 8.35. The first-order valence-electron chi connectivity index (χ1n) is 9.12. The number of nitrogens with zero attached hydrogens (tertiary/aromatic N) is 3. The fourth-order valence-corrected chi connectivity index (χ4v) is 4.34. The molecule has 0 bridgehead atoms. The standard InChI is InChI=1S/C21H16N6O2S/c28-30(29,17-7-2-1-3-8-17)27-16-6-4-5-14(11-16)20-18-12-15(21-22-13-23-26-21)9-10-19(18)24-25-20/h1-13,27H,(H,24,25)(H,22,23,26). The van der Waals surface area contributed by atoms with Gasteiger partial charge in [0.25, 0.3) is 10.0 Å². The number of rotatable bonds is 5. The number of aromatic nitrogens is 5. The second-order valence-electron chi connectivity index (χ2n) is 6.67. The van der Waals surface area contributed by atoms with E-state index in [1.807, 2.05) is 24.3 Å². The van der Waals surface area contributed by atoms with Gasteiger partial charge < -0.3 is 0 Å². The molecule has 0 unspecified atom stereocenters. The molecule has 2 heterocycles. The van der Waals surface area contributed by atoms with Gasteiger partial charge in [0.15, 0.2) is 5.82 Å². The molecule has 0 saturated carbocycles. The highest BCUT2D eigenvalue weighted by molar-refractivity contribution is 7.92. The first-order chi connectivity index (χ1) is 14.6. The molecule has 0 fully saturated rings. The zero-order chi connectivity index (χ0) is 20.6. The van der Waals surface area contributed by atoms with Gasteiger partial charge in [-0.3, -0.25) is 14.9 Å². The number of anilines is 1. The summed E-state index contributed by atoms with van der Waals surface area (Å²) >= 11 is 0. The fraction of sp³-hybridized carbons (Fsp3) is 0. The van der Waals surface area contributed by atoms with Gasteiger partial charge in [-0.15, -0.1) is 0 Å². The Morgan fingerprint density at radius 3 is 2.50 bits per heavy atom. The van der Waals surface area contributed by atoms with E-state index < -0.39 is 10.0 Å². The Hall–Kier alpha value is -3.98. The highest BCUT2D eigenvalue weighted by Crippen LogP contribution is 2.31. The van der Waals surface area contributed by atoms with Crippen LogP contribution >= 0.6 is 0 Å². The normalized spacial score (nSPS) is 11.6. The minimum Gasteiger partial charge on any atom is -0.280 e. The number of H-pyrrole nitrogens is 2. The summed E-state index contributed by atoms with van der Waals surface area (Å²) in [7, 11) is -3.68. The lowest BCUT2D eigenvalue weighted by Gasteiger charge is -2.09. The summed E-state index contributed by atoms with van der Waals surface area (Å²) in [5.74, 6) is 0.661. The third kappa shape index (κ3) is 3.31. The maximum atomic E-state index is 12.6.